The number of nitrogens with two attached hydrogens (primary N) is 1. The lowest BCUT2D eigenvalue weighted by Gasteiger charge is -2.17. The van der Waals surface area contributed by atoms with Gasteiger partial charge in [-0.2, -0.15) is 5.10 Å². The first kappa shape index (κ1) is 9.39. The summed E-state index contributed by atoms with van der Waals surface area (Å²) >= 11 is 0. The highest BCUT2D eigenvalue weighted by molar-refractivity contribution is 5.79. The number of rotatable bonds is 1. The zero-order chi connectivity index (χ0) is 11.0. The molecular weight excluding hydrogens is 200 g/mol. The van der Waals surface area contributed by atoms with Gasteiger partial charge >= 0.3 is 0 Å². The molecule has 1 unspecified atom stereocenters. The van der Waals surface area contributed by atoms with Crippen molar-refractivity contribution in [2.45, 2.75) is 25.3 Å². The lowest BCUT2D eigenvalue weighted by molar-refractivity contribution is 0.487. The number of allylic oxidation sites excluding steroid dienone is 2. The molecule has 2 aromatic heterocycles. The second kappa shape index (κ2) is 3.63. The SMILES string of the molecule is Nc1cc2c(cn1)cnn2C1C=CCCC1. The maximum absolute atomic E-state index is 5.71. The van der Waals surface area contributed by atoms with E-state index in [0.29, 0.717) is 11.9 Å². The van der Waals surface area contributed by atoms with Gasteiger partial charge in [0.15, 0.2) is 0 Å². The normalized spacial score (nSPS) is 20.4. The molecule has 2 heterocycles. The Kier molecular flexibility index (Phi) is 2.13. The summed E-state index contributed by atoms with van der Waals surface area (Å²) in [6, 6.07) is 2.26. The predicted octanol–water partition coefficient (Wildman–Crippen LogP) is 2.29. The van der Waals surface area contributed by atoms with Crippen LogP contribution < -0.4 is 5.73 Å². The van der Waals surface area contributed by atoms with Crippen LogP contribution in [0.1, 0.15) is 25.3 Å². The number of nitrogen functional groups attached to an aromatic ring is 1. The van der Waals surface area contributed by atoms with Crippen LogP contribution in [0.25, 0.3) is 10.9 Å². The molecule has 4 heteroatoms. The average molecular weight is 214 g/mol. The van der Waals surface area contributed by atoms with E-state index in [2.05, 4.69) is 22.2 Å². The largest absolute Gasteiger partial charge is 0.384 e. The van der Waals surface area contributed by atoms with Crippen molar-refractivity contribution in [2.75, 3.05) is 5.73 Å². The molecule has 0 aromatic carbocycles. The van der Waals surface area contributed by atoms with Gasteiger partial charge in [0.05, 0.1) is 17.8 Å². The molecule has 0 spiro atoms. The van der Waals surface area contributed by atoms with Gasteiger partial charge in [0.2, 0.25) is 0 Å². The van der Waals surface area contributed by atoms with Crippen LogP contribution in [0.3, 0.4) is 0 Å². The highest BCUT2D eigenvalue weighted by atomic mass is 15.3. The maximum atomic E-state index is 5.71. The number of fused-ring (bicyclic) bond motifs is 1. The van der Waals surface area contributed by atoms with Crippen LogP contribution in [0.2, 0.25) is 0 Å². The van der Waals surface area contributed by atoms with Crippen LogP contribution in [0, 0.1) is 0 Å². The van der Waals surface area contributed by atoms with Crippen molar-refractivity contribution in [2.24, 2.45) is 0 Å². The van der Waals surface area contributed by atoms with Crippen LogP contribution >= 0.6 is 0 Å². The minimum atomic E-state index is 0.369. The molecule has 0 bridgehead atoms. The zero-order valence-corrected chi connectivity index (χ0v) is 9.00. The lowest BCUT2D eigenvalue weighted by atomic mass is 10.0. The molecule has 4 nitrogen and oxygen atoms in total. The molecular formula is C12H14N4. The highest BCUT2D eigenvalue weighted by Crippen LogP contribution is 2.26. The van der Waals surface area contributed by atoms with Gasteiger partial charge in [-0.1, -0.05) is 12.2 Å². The van der Waals surface area contributed by atoms with Crippen LogP contribution in [-0.4, -0.2) is 14.8 Å². The van der Waals surface area contributed by atoms with Gasteiger partial charge in [0.1, 0.15) is 5.82 Å². The van der Waals surface area contributed by atoms with Crippen LogP contribution in [0.5, 0.6) is 0 Å². The molecule has 3 rings (SSSR count). The molecule has 2 N–H and O–H groups in total. The van der Waals surface area contributed by atoms with Gasteiger partial charge in [-0.15, -0.1) is 0 Å². The van der Waals surface area contributed by atoms with E-state index >= 15 is 0 Å². The van der Waals surface area contributed by atoms with Crippen LogP contribution in [0.4, 0.5) is 5.82 Å². The third-order valence-electron chi connectivity index (χ3n) is 3.04. The number of hydrogen-bond donors (Lipinski definition) is 1. The monoisotopic (exact) mass is 214 g/mol. The minimum Gasteiger partial charge on any atom is -0.384 e. The summed E-state index contributed by atoms with van der Waals surface area (Å²) in [6.45, 7) is 0. The van der Waals surface area contributed by atoms with E-state index in [4.69, 9.17) is 5.73 Å². The summed E-state index contributed by atoms with van der Waals surface area (Å²) in [4.78, 5) is 4.07. The van der Waals surface area contributed by atoms with Gasteiger partial charge < -0.3 is 5.73 Å². The number of pyridine rings is 1. The second-order valence-electron chi connectivity index (χ2n) is 4.18. The van der Waals surface area contributed by atoms with Gasteiger partial charge in [-0.25, -0.2) is 4.98 Å². The Labute approximate surface area is 93.8 Å². The quantitative estimate of drug-likeness (QED) is 0.741. The fourth-order valence-electron chi connectivity index (χ4n) is 2.22. The summed E-state index contributed by atoms with van der Waals surface area (Å²) < 4.78 is 2.04. The average Bonchev–Trinajstić information content (AvgIpc) is 2.73. The van der Waals surface area contributed by atoms with Crippen molar-refractivity contribution in [3.8, 4) is 0 Å². The van der Waals surface area contributed by atoms with Crippen molar-refractivity contribution in [3.63, 3.8) is 0 Å². The summed E-state index contributed by atoms with van der Waals surface area (Å²) in [5.41, 5.74) is 6.78. The fourth-order valence-corrected chi connectivity index (χ4v) is 2.22. The number of aromatic nitrogens is 3. The molecule has 0 aliphatic heterocycles. The third-order valence-corrected chi connectivity index (χ3v) is 3.04. The second-order valence-corrected chi connectivity index (χ2v) is 4.18. The smallest absolute Gasteiger partial charge is 0.125 e. The Morgan fingerprint density at radius 1 is 1.38 bits per heavy atom. The number of anilines is 1. The summed E-state index contributed by atoms with van der Waals surface area (Å²) in [5, 5.41) is 5.48. The maximum Gasteiger partial charge on any atom is 0.125 e. The topological polar surface area (TPSA) is 56.7 Å². The Morgan fingerprint density at radius 2 is 2.31 bits per heavy atom. The molecule has 0 amide bonds. The first-order chi connectivity index (χ1) is 7.84. The molecule has 0 saturated heterocycles. The Bertz CT molecular complexity index is 541. The lowest BCUT2D eigenvalue weighted by Crippen LogP contribution is -2.10. The van der Waals surface area contributed by atoms with Gasteiger partial charge in [-0.3, -0.25) is 4.68 Å². The van der Waals surface area contributed by atoms with E-state index in [9.17, 15) is 0 Å². The van der Waals surface area contributed by atoms with E-state index in [-0.39, 0.29) is 0 Å². The van der Waals surface area contributed by atoms with Crippen LogP contribution in [0.15, 0.2) is 30.6 Å². The van der Waals surface area contributed by atoms with Crippen molar-refractivity contribution >= 4 is 16.7 Å². The molecule has 1 atom stereocenters. The molecule has 1 aliphatic carbocycles. The Balaban J connectivity index is 2.12. The standard InChI is InChI=1S/C12H14N4/c13-12-6-11-9(7-14-12)8-15-16(11)10-4-2-1-3-5-10/h2,4,6-8,10H,1,3,5H2,(H2,13,14). The van der Waals surface area contributed by atoms with Crippen molar-refractivity contribution in [1.82, 2.24) is 14.8 Å². The summed E-state index contributed by atoms with van der Waals surface area (Å²) in [5.74, 6) is 0.550. The minimum absolute atomic E-state index is 0.369. The Hall–Kier alpha value is -1.84. The molecule has 0 fully saturated rings. The van der Waals surface area contributed by atoms with E-state index in [1.54, 1.807) is 6.20 Å². The van der Waals surface area contributed by atoms with Crippen molar-refractivity contribution in [1.29, 1.82) is 0 Å². The number of hydrogen-bond acceptors (Lipinski definition) is 3. The Morgan fingerprint density at radius 3 is 3.12 bits per heavy atom. The first-order valence-corrected chi connectivity index (χ1v) is 5.60. The van der Waals surface area contributed by atoms with Crippen LogP contribution in [-0.2, 0) is 0 Å². The molecule has 2 aromatic rings. The summed E-state index contributed by atoms with van der Waals surface area (Å²) in [6.07, 6.45) is 11.6. The highest BCUT2D eigenvalue weighted by Gasteiger charge is 2.14. The molecule has 0 radical (unpaired) electrons. The fraction of sp³-hybridized carbons (Fsp3) is 0.333. The van der Waals surface area contributed by atoms with Crippen molar-refractivity contribution in [3.05, 3.63) is 30.6 Å². The first-order valence-electron chi connectivity index (χ1n) is 5.60. The zero-order valence-electron chi connectivity index (χ0n) is 9.00. The van der Waals surface area contributed by atoms with E-state index in [1.165, 1.54) is 12.8 Å². The summed E-state index contributed by atoms with van der Waals surface area (Å²) in [7, 11) is 0. The van der Waals surface area contributed by atoms with E-state index < -0.39 is 0 Å². The van der Waals surface area contributed by atoms with Crippen molar-refractivity contribution < 1.29 is 0 Å². The predicted molar refractivity (Wildman–Crippen MR) is 64.0 cm³/mol. The molecule has 82 valence electrons. The molecule has 0 saturated carbocycles. The van der Waals surface area contributed by atoms with E-state index in [1.807, 2.05) is 16.9 Å². The van der Waals surface area contributed by atoms with E-state index in [0.717, 1.165) is 17.3 Å². The molecule has 1 aliphatic rings. The van der Waals surface area contributed by atoms with Gasteiger partial charge in [0.25, 0.3) is 0 Å². The number of nitrogens with zero attached hydrogens (tertiary/aromatic N) is 3. The molecule has 16 heavy (non-hydrogen) atoms. The van der Waals surface area contributed by atoms with Gasteiger partial charge in [-0.05, 0) is 19.3 Å². The third kappa shape index (κ3) is 1.46. The van der Waals surface area contributed by atoms with Gasteiger partial charge in [0, 0.05) is 17.6 Å².